The van der Waals surface area contributed by atoms with Gasteiger partial charge in [-0.25, -0.2) is 4.79 Å². The molecule has 0 spiro atoms. The van der Waals surface area contributed by atoms with Gasteiger partial charge in [-0.05, 0) is 12.1 Å². The molecule has 0 aliphatic heterocycles. The quantitative estimate of drug-likeness (QED) is 0.516. The summed E-state index contributed by atoms with van der Waals surface area (Å²) in [6.07, 6.45) is 0. The Hall–Kier alpha value is -1.28. The van der Waals surface area contributed by atoms with E-state index < -0.39 is 0 Å². The second-order valence-corrected chi connectivity index (χ2v) is 3.00. The topological polar surface area (TPSA) is 30.2 Å². The van der Waals surface area contributed by atoms with Gasteiger partial charge < -0.3 is 4.42 Å². The molecule has 1 aromatic carbocycles. The molecule has 2 aromatic rings. The van der Waals surface area contributed by atoms with Crippen molar-refractivity contribution in [2.45, 2.75) is 5.88 Å². The van der Waals surface area contributed by atoms with Crippen molar-refractivity contribution < 1.29 is 4.42 Å². The fourth-order valence-corrected chi connectivity index (χ4v) is 1.38. The zero-order chi connectivity index (χ0) is 9.26. The molecule has 0 N–H and O–H groups in total. The van der Waals surface area contributed by atoms with E-state index in [1.807, 2.05) is 18.2 Å². The zero-order valence-electron chi connectivity index (χ0n) is 6.79. The Kier molecular flexibility index (Phi) is 2.07. The van der Waals surface area contributed by atoms with Crippen molar-refractivity contribution in [2.24, 2.45) is 0 Å². The summed E-state index contributed by atoms with van der Waals surface area (Å²) >= 11 is 5.57. The first-order valence-electron chi connectivity index (χ1n) is 3.89. The molecule has 0 fully saturated rings. The van der Waals surface area contributed by atoms with Gasteiger partial charge in [0.05, 0.1) is 11.4 Å². The largest absolute Gasteiger partial charge is 0.422 e. The fraction of sp³-hybridized carbons (Fsp3) is 0.100. The minimum absolute atomic E-state index is 0.188. The van der Waals surface area contributed by atoms with Crippen LogP contribution in [0, 0.1) is 0 Å². The summed E-state index contributed by atoms with van der Waals surface area (Å²) in [5.41, 5.74) is 0.746. The lowest BCUT2D eigenvalue weighted by Gasteiger charge is -1.97. The van der Waals surface area contributed by atoms with Crippen molar-refractivity contribution >= 4 is 22.6 Å². The third-order valence-electron chi connectivity index (χ3n) is 1.86. The third kappa shape index (κ3) is 1.45. The lowest BCUT2D eigenvalue weighted by Crippen LogP contribution is -2.04. The predicted octanol–water partition coefficient (Wildman–Crippen LogP) is 2.53. The van der Waals surface area contributed by atoms with Gasteiger partial charge in [-0.15, -0.1) is 11.6 Å². The molecular weight excluding hydrogens is 188 g/mol. The molecule has 0 aliphatic carbocycles. The highest BCUT2D eigenvalue weighted by atomic mass is 35.5. The van der Waals surface area contributed by atoms with Gasteiger partial charge >= 0.3 is 5.63 Å². The molecule has 0 atom stereocenters. The van der Waals surface area contributed by atoms with E-state index in [0.717, 1.165) is 5.39 Å². The first-order valence-corrected chi connectivity index (χ1v) is 4.42. The number of hydrogen-bond acceptors (Lipinski definition) is 2. The molecule has 0 amide bonds. The molecule has 0 saturated heterocycles. The summed E-state index contributed by atoms with van der Waals surface area (Å²) in [4.78, 5) is 11.2. The number of alkyl halides is 1. The number of benzene rings is 1. The van der Waals surface area contributed by atoms with Gasteiger partial charge in [-0.2, -0.15) is 0 Å². The van der Waals surface area contributed by atoms with E-state index in [-0.39, 0.29) is 11.5 Å². The highest BCUT2D eigenvalue weighted by Gasteiger charge is 2.02. The Morgan fingerprint density at radius 2 is 2.08 bits per heavy atom. The number of hydrogen-bond donors (Lipinski definition) is 0. The molecule has 13 heavy (non-hydrogen) atoms. The lowest BCUT2D eigenvalue weighted by molar-refractivity contribution is 0.554. The van der Waals surface area contributed by atoms with E-state index >= 15 is 0 Å². The first kappa shape index (κ1) is 8.32. The minimum atomic E-state index is -0.353. The van der Waals surface area contributed by atoms with Crippen molar-refractivity contribution in [1.29, 1.82) is 0 Å². The summed E-state index contributed by atoms with van der Waals surface area (Å²) in [6.45, 7) is 0. The molecule has 2 nitrogen and oxygen atoms in total. The average Bonchev–Trinajstić information content (AvgIpc) is 2.17. The van der Waals surface area contributed by atoms with E-state index in [1.54, 1.807) is 12.1 Å². The Labute approximate surface area is 79.7 Å². The van der Waals surface area contributed by atoms with Crippen molar-refractivity contribution in [3.05, 3.63) is 46.3 Å². The summed E-state index contributed by atoms with van der Waals surface area (Å²) < 4.78 is 5.04. The van der Waals surface area contributed by atoms with Gasteiger partial charge in [-0.1, -0.05) is 18.2 Å². The highest BCUT2D eigenvalue weighted by molar-refractivity contribution is 6.17. The van der Waals surface area contributed by atoms with Crippen LogP contribution >= 0.6 is 11.6 Å². The highest BCUT2D eigenvalue weighted by Crippen LogP contribution is 2.13. The van der Waals surface area contributed by atoms with Crippen LogP contribution in [0.3, 0.4) is 0 Å². The van der Waals surface area contributed by atoms with Crippen LogP contribution in [-0.2, 0) is 5.88 Å². The molecule has 0 aliphatic rings. The molecule has 0 unspecified atom stereocenters. The van der Waals surface area contributed by atoms with E-state index in [4.69, 9.17) is 16.0 Å². The second-order valence-electron chi connectivity index (χ2n) is 2.73. The van der Waals surface area contributed by atoms with Crippen LogP contribution in [0.25, 0.3) is 11.0 Å². The summed E-state index contributed by atoms with van der Waals surface area (Å²) in [5.74, 6) is 0.188. The van der Waals surface area contributed by atoms with Gasteiger partial charge in [0.2, 0.25) is 0 Å². The van der Waals surface area contributed by atoms with Gasteiger partial charge in [0.15, 0.2) is 0 Å². The van der Waals surface area contributed by atoms with E-state index in [2.05, 4.69) is 0 Å². The molecular formula is C10H7ClO2. The van der Waals surface area contributed by atoms with Gasteiger partial charge in [0.1, 0.15) is 5.58 Å². The molecule has 1 aromatic heterocycles. The molecule has 0 radical (unpaired) electrons. The van der Waals surface area contributed by atoms with Crippen LogP contribution < -0.4 is 5.63 Å². The first-order chi connectivity index (χ1) is 6.31. The van der Waals surface area contributed by atoms with Crippen molar-refractivity contribution in [3.8, 4) is 0 Å². The maximum absolute atomic E-state index is 11.2. The number of rotatable bonds is 1. The van der Waals surface area contributed by atoms with Crippen LogP contribution in [0.4, 0.5) is 0 Å². The smallest absolute Gasteiger partial charge is 0.340 e. The Morgan fingerprint density at radius 3 is 2.85 bits per heavy atom. The maximum atomic E-state index is 11.2. The predicted molar refractivity (Wildman–Crippen MR) is 52.0 cm³/mol. The zero-order valence-corrected chi connectivity index (χ0v) is 7.54. The minimum Gasteiger partial charge on any atom is -0.422 e. The Balaban J connectivity index is 2.81. The van der Waals surface area contributed by atoms with Gasteiger partial charge in [0.25, 0.3) is 0 Å². The Morgan fingerprint density at radius 1 is 1.31 bits per heavy atom. The van der Waals surface area contributed by atoms with Crippen LogP contribution in [0.1, 0.15) is 5.56 Å². The standard InChI is InChI=1S/C10H7ClO2/c11-6-8-5-7-3-1-2-4-9(7)13-10(8)12/h1-5H,6H2. The fourth-order valence-electron chi connectivity index (χ4n) is 1.20. The summed E-state index contributed by atoms with van der Waals surface area (Å²) in [5, 5.41) is 0.901. The molecule has 3 heteroatoms. The lowest BCUT2D eigenvalue weighted by atomic mass is 10.2. The van der Waals surface area contributed by atoms with E-state index in [9.17, 15) is 4.79 Å². The van der Waals surface area contributed by atoms with Crippen molar-refractivity contribution in [3.63, 3.8) is 0 Å². The van der Waals surface area contributed by atoms with Crippen molar-refractivity contribution in [2.75, 3.05) is 0 Å². The number of halogens is 1. The number of para-hydroxylation sites is 1. The van der Waals surface area contributed by atoms with Crippen LogP contribution in [0.2, 0.25) is 0 Å². The molecule has 66 valence electrons. The van der Waals surface area contributed by atoms with Crippen LogP contribution in [0.5, 0.6) is 0 Å². The van der Waals surface area contributed by atoms with Gasteiger partial charge in [-0.3, -0.25) is 0 Å². The Bertz CT molecular complexity index is 487. The van der Waals surface area contributed by atoms with E-state index in [0.29, 0.717) is 11.1 Å². The monoisotopic (exact) mass is 194 g/mol. The summed E-state index contributed by atoms with van der Waals surface area (Å²) in [7, 11) is 0. The molecule has 2 rings (SSSR count). The van der Waals surface area contributed by atoms with Crippen LogP contribution in [0.15, 0.2) is 39.5 Å². The second kappa shape index (κ2) is 3.23. The normalized spacial score (nSPS) is 10.5. The number of fused-ring (bicyclic) bond motifs is 1. The molecule has 0 bridgehead atoms. The van der Waals surface area contributed by atoms with E-state index in [1.165, 1.54) is 0 Å². The van der Waals surface area contributed by atoms with Crippen molar-refractivity contribution in [1.82, 2.24) is 0 Å². The third-order valence-corrected chi connectivity index (χ3v) is 2.15. The van der Waals surface area contributed by atoms with Gasteiger partial charge in [0, 0.05) is 5.39 Å². The maximum Gasteiger partial charge on any atom is 0.340 e. The summed E-state index contributed by atoms with van der Waals surface area (Å²) in [6, 6.07) is 9.11. The van der Waals surface area contributed by atoms with Crippen LogP contribution in [-0.4, -0.2) is 0 Å². The molecule has 0 saturated carbocycles. The average molecular weight is 195 g/mol. The molecule has 1 heterocycles. The SMILES string of the molecule is O=c1oc2ccccc2cc1CCl.